The molecule has 0 radical (unpaired) electrons. The van der Waals surface area contributed by atoms with Crippen molar-refractivity contribution in [3.05, 3.63) is 156 Å². The molecule has 2 atom stereocenters. The number of hydrogen-bond donors (Lipinski definition) is 0. The van der Waals surface area contributed by atoms with Crippen LogP contribution in [0.25, 0.3) is 33.2 Å². The SMILES string of the molecule is CN1C(=O)C(c2cn(-c3ccccc3-n3cc(C4C(=O)N(C)c5ccccc54)c4ccccc43)c3ccccc23)c2ccccc21. The number of benzene rings is 5. The minimum Gasteiger partial charge on any atom is -0.314 e. The van der Waals surface area contributed by atoms with Crippen molar-refractivity contribution in [1.82, 2.24) is 9.13 Å². The first-order chi connectivity index (χ1) is 22.5. The number of amides is 2. The summed E-state index contributed by atoms with van der Waals surface area (Å²) in [6.45, 7) is 0. The largest absolute Gasteiger partial charge is 0.314 e. The molecule has 4 heterocycles. The first kappa shape index (κ1) is 26.5. The highest BCUT2D eigenvalue weighted by Gasteiger charge is 2.39. The number of carbonyl (C=O) groups excluding carboxylic acids is 2. The van der Waals surface area contributed by atoms with Gasteiger partial charge in [0.1, 0.15) is 0 Å². The average Bonchev–Trinajstić information content (AvgIpc) is 3.80. The van der Waals surface area contributed by atoms with Crippen LogP contribution in [-0.2, 0) is 9.59 Å². The van der Waals surface area contributed by atoms with E-state index in [-0.39, 0.29) is 23.7 Å². The van der Waals surface area contributed by atoms with Crippen LogP contribution in [-0.4, -0.2) is 35.0 Å². The first-order valence-corrected chi connectivity index (χ1v) is 15.6. The Morgan fingerprint density at radius 1 is 0.413 bits per heavy atom. The number of anilines is 2. The predicted octanol–water partition coefficient (Wildman–Crippen LogP) is 7.79. The molecule has 0 saturated heterocycles. The van der Waals surface area contributed by atoms with Crippen molar-refractivity contribution in [2.45, 2.75) is 11.8 Å². The second-order valence-electron chi connectivity index (χ2n) is 12.2. The summed E-state index contributed by atoms with van der Waals surface area (Å²) in [5.74, 6) is -0.622. The molecule has 46 heavy (non-hydrogen) atoms. The van der Waals surface area contributed by atoms with Crippen LogP contribution in [0, 0.1) is 0 Å². The van der Waals surface area contributed by atoms with Crippen molar-refractivity contribution in [2.75, 3.05) is 23.9 Å². The number of carbonyl (C=O) groups is 2. The number of nitrogens with zero attached hydrogens (tertiary/aromatic N) is 4. The van der Waals surface area contributed by atoms with E-state index in [1.54, 1.807) is 9.80 Å². The van der Waals surface area contributed by atoms with E-state index in [0.717, 1.165) is 66.8 Å². The molecule has 0 N–H and O–H groups in total. The zero-order valence-electron chi connectivity index (χ0n) is 25.5. The Hall–Kier alpha value is -5.88. The molecule has 6 nitrogen and oxygen atoms in total. The lowest BCUT2D eigenvalue weighted by Crippen LogP contribution is -2.24. The normalized spacial score (nSPS) is 17.3. The van der Waals surface area contributed by atoms with Gasteiger partial charge in [0.2, 0.25) is 11.8 Å². The van der Waals surface area contributed by atoms with Gasteiger partial charge in [0.25, 0.3) is 0 Å². The zero-order valence-corrected chi connectivity index (χ0v) is 25.5. The van der Waals surface area contributed by atoms with Gasteiger partial charge in [-0.2, -0.15) is 0 Å². The van der Waals surface area contributed by atoms with Gasteiger partial charge in [-0.1, -0.05) is 84.9 Å². The molecule has 9 rings (SSSR count). The predicted molar refractivity (Wildman–Crippen MR) is 183 cm³/mol. The third-order valence-electron chi connectivity index (χ3n) is 9.88. The first-order valence-electron chi connectivity index (χ1n) is 15.6. The summed E-state index contributed by atoms with van der Waals surface area (Å²) in [5, 5.41) is 2.10. The van der Waals surface area contributed by atoms with Gasteiger partial charge in [0.05, 0.1) is 34.2 Å². The summed E-state index contributed by atoms with van der Waals surface area (Å²) in [7, 11) is 3.71. The number of hydrogen-bond acceptors (Lipinski definition) is 2. The van der Waals surface area contributed by atoms with E-state index < -0.39 is 0 Å². The summed E-state index contributed by atoms with van der Waals surface area (Å²) in [6, 6.07) is 41.1. The second kappa shape index (κ2) is 9.81. The van der Waals surface area contributed by atoms with E-state index in [1.165, 1.54) is 0 Å². The monoisotopic (exact) mass is 598 g/mol. The summed E-state index contributed by atoms with van der Waals surface area (Å²) in [4.78, 5) is 31.0. The molecule has 0 bridgehead atoms. The zero-order chi connectivity index (χ0) is 31.1. The summed E-state index contributed by atoms with van der Waals surface area (Å²) < 4.78 is 4.43. The molecule has 222 valence electrons. The van der Waals surface area contributed by atoms with Crippen LogP contribution in [0.4, 0.5) is 11.4 Å². The molecular formula is C40H30N4O2. The quantitative estimate of drug-likeness (QED) is 0.208. The lowest BCUT2D eigenvalue weighted by atomic mass is 9.92. The third-order valence-corrected chi connectivity index (χ3v) is 9.88. The van der Waals surface area contributed by atoms with Crippen molar-refractivity contribution < 1.29 is 9.59 Å². The van der Waals surface area contributed by atoms with Gasteiger partial charge in [0.15, 0.2) is 0 Å². The molecule has 5 aromatic carbocycles. The molecule has 2 aliphatic heterocycles. The Balaban J connectivity index is 1.25. The Morgan fingerprint density at radius 3 is 1.20 bits per heavy atom. The number of fused-ring (bicyclic) bond motifs is 4. The van der Waals surface area contributed by atoms with Gasteiger partial charge in [-0.3, -0.25) is 9.59 Å². The van der Waals surface area contributed by atoms with Gasteiger partial charge < -0.3 is 18.9 Å². The van der Waals surface area contributed by atoms with Crippen LogP contribution in [0.1, 0.15) is 34.1 Å². The summed E-state index contributed by atoms with van der Waals surface area (Å²) >= 11 is 0. The summed E-state index contributed by atoms with van der Waals surface area (Å²) in [6.07, 6.45) is 4.28. The van der Waals surface area contributed by atoms with Crippen molar-refractivity contribution in [1.29, 1.82) is 0 Å². The number of rotatable bonds is 4. The maximum Gasteiger partial charge on any atom is 0.238 e. The lowest BCUT2D eigenvalue weighted by molar-refractivity contribution is -0.119. The third kappa shape index (κ3) is 3.58. The van der Waals surface area contributed by atoms with Crippen molar-refractivity contribution in [3.63, 3.8) is 0 Å². The minimum atomic E-state index is -0.385. The van der Waals surface area contributed by atoms with Crippen LogP contribution >= 0.6 is 0 Å². The van der Waals surface area contributed by atoms with Crippen LogP contribution in [0.15, 0.2) is 134 Å². The van der Waals surface area contributed by atoms with Crippen LogP contribution < -0.4 is 9.80 Å². The fourth-order valence-electron chi connectivity index (χ4n) is 7.71. The second-order valence-corrected chi connectivity index (χ2v) is 12.2. The average molecular weight is 599 g/mol. The van der Waals surface area contributed by atoms with Crippen molar-refractivity contribution >= 4 is 45.0 Å². The van der Waals surface area contributed by atoms with E-state index >= 15 is 0 Å². The molecule has 2 aromatic heterocycles. The smallest absolute Gasteiger partial charge is 0.238 e. The van der Waals surface area contributed by atoms with Crippen LogP contribution in [0.2, 0.25) is 0 Å². The van der Waals surface area contributed by atoms with E-state index in [0.29, 0.717) is 0 Å². The van der Waals surface area contributed by atoms with E-state index in [9.17, 15) is 9.59 Å². The fourth-order valence-corrected chi connectivity index (χ4v) is 7.71. The molecule has 0 fully saturated rings. The van der Waals surface area contributed by atoms with E-state index in [1.807, 2.05) is 74.8 Å². The molecule has 2 amide bonds. The fraction of sp³-hybridized carbons (Fsp3) is 0.100. The topological polar surface area (TPSA) is 50.5 Å². The Bertz CT molecular complexity index is 2210. The number of para-hydroxylation sites is 6. The minimum absolute atomic E-state index is 0.0740. The Labute approximate surface area is 266 Å². The van der Waals surface area contributed by atoms with Gasteiger partial charge in [-0.15, -0.1) is 0 Å². The highest BCUT2D eigenvalue weighted by Crippen LogP contribution is 2.46. The standard InChI is InChI=1S/C40H30N4O2/c1-41-31-17-7-5-15-27(31)37(39(41)45)29-23-43(33-19-9-3-13-25(29)33)35-21-11-12-22-36(35)44-24-30(26-14-4-10-20-34(26)44)38-28-16-6-8-18-32(28)42(2)40(38)46/h3-24,37-38H,1-2H3. The lowest BCUT2D eigenvalue weighted by Gasteiger charge is -2.14. The molecule has 0 saturated carbocycles. The maximum absolute atomic E-state index is 13.7. The van der Waals surface area contributed by atoms with E-state index in [4.69, 9.17) is 0 Å². The van der Waals surface area contributed by atoms with Crippen molar-refractivity contribution in [2.24, 2.45) is 0 Å². The Morgan fingerprint density at radius 2 is 0.761 bits per heavy atom. The molecule has 6 heteroatoms. The van der Waals surface area contributed by atoms with Gasteiger partial charge in [-0.05, 0) is 58.7 Å². The van der Waals surface area contributed by atoms with Gasteiger partial charge in [-0.25, -0.2) is 0 Å². The Kier molecular flexibility index (Phi) is 5.66. The van der Waals surface area contributed by atoms with Gasteiger partial charge >= 0.3 is 0 Å². The molecule has 0 spiro atoms. The number of aromatic nitrogens is 2. The number of likely N-dealkylation sites (N-methyl/N-ethyl adjacent to an activating group) is 2. The molecule has 2 aliphatic rings. The summed E-state index contributed by atoms with van der Waals surface area (Å²) in [5.41, 5.74) is 9.97. The van der Waals surface area contributed by atoms with Gasteiger partial charge in [0, 0.05) is 48.6 Å². The molecular weight excluding hydrogens is 568 g/mol. The molecule has 2 unspecified atom stereocenters. The molecule has 0 aliphatic carbocycles. The highest BCUT2D eigenvalue weighted by molar-refractivity contribution is 6.10. The van der Waals surface area contributed by atoms with Crippen LogP contribution in [0.3, 0.4) is 0 Å². The van der Waals surface area contributed by atoms with Crippen LogP contribution in [0.5, 0.6) is 0 Å². The van der Waals surface area contributed by atoms with E-state index in [2.05, 4.69) is 82.2 Å². The van der Waals surface area contributed by atoms with Crippen molar-refractivity contribution in [3.8, 4) is 11.4 Å². The highest BCUT2D eigenvalue weighted by atomic mass is 16.2. The maximum atomic E-state index is 13.7. The molecule has 7 aromatic rings.